The third-order valence-corrected chi connectivity index (χ3v) is 11.0. The van der Waals surface area contributed by atoms with Crippen molar-refractivity contribution in [3.05, 3.63) is 131 Å². The molecule has 0 bridgehead atoms. The van der Waals surface area contributed by atoms with E-state index in [1.165, 1.54) is 98.4 Å². The van der Waals surface area contributed by atoms with E-state index in [9.17, 15) is 0 Å². The van der Waals surface area contributed by atoms with Gasteiger partial charge in [-0.15, -0.1) is 0 Å². The molecule has 0 heteroatoms. The highest BCUT2D eigenvalue weighted by atomic mass is 14.4. The van der Waals surface area contributed by atoms with Crippen molar-refractivity contribution in [1.82, 2.24) is 0 Å². The standard InChI is InChI=1S/C42H30/c1-41(2)31-19-15-23-9-5-7-11-27(23)37(31)39-29-17-14-26-22-34-40(30-18-13-25(21-33(39)41)35(29)36(26)30)38-28-12-8-6-10-24(28)16-20-32(38)42(34,3)4/h5-22H,1-4H3. The summed E-state index contributed by atoms with van der Waals surface area (Å²) in [5, 5.41) is 13.6. The third-order valence-electron chi connectivity index (χ3n) is 11.0. The van der Waals surface area contributed by atoms with Gasteiger partial charge in [0.2, 0.25) is 0 Å². The van der Waals surface area contributed by atoms with E-state index in [4.69, 9.17) is 0 Å². The summed E-state index contributed by atoms with van der Waals surface area (Å²) < 4.78 is 0. The molecular formula is C42H30. The fourth-order valence-corrected chi connectivity index (χ4v) is 8.89. The average Bonchev–Trinajstić information content (AvgIpc) is 3.39. The summed E-state index contributed by atoms with van der Waals surface area (Å²) >= 11 is 0. The second-order valence-corrected chi connectivity index (χ2v) is 13.7. The van der Waals surface area contributed by atoms with Crippen LogP contribution < -0.4 is 0 Å². The van der Waals surface area contributed by atoms with Crippen LogP contribution in [-0.4, -0.2) is 0 Å². The smallest absolute Gasteiger partial charge is 0.0159 e. The minimum atomic E-state index is -0.0533. The van der Waals surface area contributed by atoms with Gasteiger partial charge in [0.1, 0.15) is 0 Å². The Bertz CT molecular complexity index is 2330. The van der Waals surface area contributed by atoms with E-state index in [0.717, 1.165) is 0 Å². The van der Waals surface area contributed by atoms with Gasteiger partial charge in [-0.25, -0.2) is 0 Å². The minimum absolute atomic E-state index is 0.0533. The highest BCUT2D eigenvalue weighted by Gasteiger charge is 2.40. The first kappa shape index (κ1) is 22.9. The highest BCUT2D eigenvalue weighted by molar-refractivity contribution is 6.30. The van der Waals surface area contributed by atoms with Crippen LogP contribution in [0.25, 0.3) is 76.1 Å². The molecule has 198 valence electrons. The maximum Gasteiger partial charge on any atom is 0.0159 e. The van der Waals surface area contributed by atoms with Crippen molar-refractivity contribution in [2.24, 2.45) is 0 Å². The lowest BCUT2D eigenvalue weighted by molar-refractivity contribution is 0.661. The molecule has 0 spiro atoms. The largest absolute Gasteiger partial charge is 0.0616 e. The van der Waals surface area contributed by atoms with Crippen LogP contribution in [0.2, 0.25) is 0 Å². The molecule has 0 saturated carbocycles. The fourth-order valence-electron chi connectivity index (χ4n) is 8.89. The molecule has 0 heterocycles. The molecule has 0 N–H and O–H groups in total. The summed E-state index contributed by atoms with van der Waals surface area (Å²) in [5.74, 6) is 0. The first-order valence-electron chi connectivity index (χ1n) is 15.2. The molecule has 0 fully saturated rings. The van der Waals surface area contributed by atoms with Gasteiger partial charge in [0.15, 0.2) is 0 Å². The van der Waals surface area contributed by atoms with Crippen molar-refractivity contribution in [3.63, 3.8) is 0 Å². The van der Waals surface area contributed by atoms with Gasteiger partial charge in [-0.3, -0.25) is 0 Å². The van der Waals surface area contributed by atoms with E-state index in [-0.39, 0.29) is 10.8 Å². The number of hydrogen-bond acceptors (Lipinski definition) is 0. The molecule has 0 atom stereocenters. The highest BCUT2D eigenvalue weighted by Crippen LogP contribution is 2.58. The summed E-state index contributed by atoms with van der Waals surface area (Å²) in [4.78, 5) is 0. The van der Waals surface area contributed by atoms with Gasteiger partial charge >= 0.3 is 0 Å². The average molecular weight is 535 g/mol. The van der Waals surface area contributed by atoms with E-state index in [1.54, 1.807) is 0 Å². The van der Waals surface area contributed by atoms with Gasteiger partial charge < -0.3 is 0 Å². The Labute approximate surface area is 245 Å². The molecule has 0 aromatic heterocycles. The van der Waals surface area contributed by atoms with Crippen LogP contribution in [-0.2, 0) is 10.8 Å². The molecule has 8 aromatic carbocycles. The van der Waals surface area contributed by atoms with Crippen LogP contribution >= 0.6 is 0 Å². The van der Waals surface area contributed by atoms with Crippen LogP contribution in [0.1, 0.15) is 49.9 Å². The number of hydrogen-bond donors (Lipinski definition) is 0. The monoisotopic (exact) mass is 534 g/mol. The molecule has 2 aliphatic rings. The van der Waals surface area contributed by atoms with Crippen molar-refractivity contribution in [2.75, 3.05) is 0 Å². The molecule has 10 rings (SSSR count). The zero-order valence-electron chi connectivity index (χ0n) is 24.4. The van der Waals surface area contributed by atoms with E-state index in [1.807, 2.05) is 0 Å². The van der Waals surface area contributed by atoms with Crippen molar-refractivity contribution in [1.29, 1.82) is 0 Å². The van der Waals surface area contributed by atoms with Gasteiger partial charge in [-0.05, 0) is 111 Å². The molecule has 8 aromatic rings. The van der Waals surface area contributed by atoms with Crippen molar-refractivity contribution >= 4 is 53.9 Å². The van der Waals surface area contributed by atoms with Crippen LogP contribution in [0.4, 0.5) is 0 Å². The van der Waals surface area contributed by atoms with Crippen molar-refractivity contribution < 1.29 is 0 Å². The Morgan fingerprint density at radius 2 is 0.714 bits per heavy atom. The topological polar surface area (TPSA) is 0 Å². The maximum absolute atomic E-state index is 2.51. The Morgan fingerprint density at radius 1 is 0.333 bits per heavy atom. The van der Waals surface area contributed by atoms with Gasteiger partial charge in [-0.1, -0.05) is 125 Å². The maximum atomic E-state index is 2.51. The summed E-state index contributed by atoms with van der Waals surface area (Å²) in [6.07, 6.45) is 0. The Balaban J connectivity index is 1.41. The van der Waals surface area contributed by atoms with E-state index >= 15 is 0 Å². The number of rotatable bonds is 0. The zero-order valence-corrected chi connectivity index (χ0v) is 24.4. The van der Waals surface area contributed by atoms with Gasteiger partial charge in [0, 0.05) is 10.8 Å². The minimum Gasteiger partial charge on any atom is -0.0616 e. The SMILES string of the molecule is CC1(C)c2ccc3ccccc3c2-c2c1cc1ccc3c4c(cc5ccc2c1c53)C(C)(C)c1ccc2ccccc2c1-4. The number of benzene rings is 8. The molecule has 0 amide bonds. The fraction of sp³-hybridized carbons (Fsp3) is 0.143. The van der Waals surface area contributed by atoms with E-state index < -0.39 is 0 Å². The lowest BCUT2D eigenvalue weighted by Crippen LogP contribution is -2.15. The Morgan fingerprint density at radius 3 is 1.17 bits per heavy atom. The van der Waals surface area contributed by atoms with Gasteiger partial charge in [0.05, 0.1) is 0 Å². The lowest BCUT2D eigenvalue weighted by Gasteiger charge is -2.24. The van der Waals surface area contributed by atoms with Crippen LogP contribution in [0, 0.1) is 0 Å². The molecule has 2 aliphatic carbocycles. The molecule has 0 radical (unpaired) electrons. The summed E-state index contributed by atoms with van der Waals surface area (Å²) in [7, 11) is 0. The molecule has 0 nitrogen and oxygen atoms in total. The van der Waals surface area contributed by atoms with Crippen molar-refractivity contribution in [3.8, 4) is 22.3 Å². The molecule has 42 heavy (non-hydrogen) atoms. The van der Waals surface area contributed by atoms with Crippen LogP contribution in [0.3, 0.4) is 0 Å². The summed E-state index contributed by atoms with van der Waals surface area (Å²) in [6, 6.07) is 41.9. The third kappa shape index (κ3) is 2.49. The molecular weight excluding hydrogens is 504 g/mol. The normalized spacial score (nSPS) is 16.0. The molecule has 0 saturated heterocycles. The lowest BCUT2D eigenvalue weighted by atomic mass is 9.79. The quantitative estimate of drug-likeness (QED) is 0.170. The van der Waals surface area contributed by atoms with E-state index in [0.29, 0.717) is 0 Å². The van der Waals surface area contributed by atoms with Gasteiger partial charge in [-0.2, -0.15) is 0 Å². The second-order valence-electron chi connectivity index (χ2n) is 13.7. The molecule has 0 unspecified atom stereocenters. The zero-order chi connectivity index (χ0) is 28.1. The van der Waals surface area contributed by atoms with Crippen LogP contribution in [0.5, 0.6) is 0 Å². The van der Waals surface area contributed by atoms with Gasteiger partial charge in [0.25, 0.3) is 0 Å². The summed E-state index contributed by atoms with van der Waals surface area (Å²) in [6.45, 7) is 9.62. The Kier molecular flexibility index (Phi) is 3.93. The first-order valence-corrected chi connectivity index (χ1v) is 15.2. The van der Waals surface area contributed by atoms with E-state index in [2.05, 4.69) is 137 Å². The predicted octanol–water partition coefficient (Wildman–Crippen LogP) is 11.5. The first-order chi connectivity index (χ1) is 20.4. The molecule has 0 aliphatic heterocycles. The Hall–Kier alpha value is -4.68. The number of fused-ring (bicyclic) bond motifs is 12. The van der Waals surface area contributed by atoms with Crippen LogP contribution in [0.15, 0.2) is 109 Å². The predicted molar refractivity (Wildman–Crippen MR) is 180 cm³/mol. The van der Waals surface area contributed by atoms with Crippen molar-refractivity contribution in [2.45, 2.75) is 38.5 Å². The summed E-state index contributed by atoms with van der Waals surface area (Å²) in [5.41, 5.74) is 11.4. The second kappa shape index (κ2) is 7.20.